The molecule has 2 N–H and O–H groups in total. The van der Waals surface area contributed by atoms with E-state index in [4.69, 9.17) is 9.26 Å². The monoisotopic (exact) mass is 289 g/mol. The Hall–Kier alpha value is -2.08. The van der Waals surface area contributed by atoms with Crippen LogP contribution in [0.1, 0.15) is 18.7 Å². The largest absolute Gasteiger partial charge is 0.504 e. The van der Waals surface area contributed by atoms with E-state index in [2.05, 4.69) is 15.5 Å². The van der Waals surface area contributed by atoms with Crippen LogP contribution in [0.4, 0.5) is 0 Å². The van der Waals surface area contributed by atoms with Crippen molar-refractivity contribution in [3.05, 3.63) is 24.1 Å². The Bertz CT molecular complexity index is 606. The Morgan fingerprint density at radius 2 is 2.38 bits per heavy atom. The molecule has 1 aromatic carbocycles. The molecule has 1 aliphatic rings. The summed E-state index contributed by atoms with van der Waals surface area (Å²) in [6, 6.07) is 5.01. The van der Waals surface area contributed by atoms with Gasteiger partial charge < -0.3 is 19.7 Å². The van der Waals surface area contributed by atoms with Gasteiger partial charge in [0, 0.05) is 12.0 Å². The van der Waals surface area contributed by atoms with Gasteiger partial charge in [0.1, 0.15) is 0 Å². The van der Waals surface area contributed by atoms with E-state index in [-0.39, 0.29) is 5.75 Å². The van der Waals surface area contributed by atoms with Crippen LogP contribution in [-0.4, -0.2) is 35.4 Å². The number of ether oxygens (including phenoxy) is 1. The molecule has 112 valence electrons. The number of piperidine rings is 1. The van der Waals surface area contributed by atoms with Crippen molar-refractivity contribution < 1.29 is 14.4 Å². The third kappa shape index (κ3) is 3.16. The predicted molar refractivity (Wildman–Crippen MR) is 77.2 cm³/mol. The third-order valence-electron chi connectivity index (χ3n) is 3.77. The summed E-state index contributed by atoms with van der Waals surface area (Å²) in [7, 11) is 1.51. The van der Waals surface area contributed by atoms with Crippen LogP contribution in [0.15, 0.2) is 22.7 Å². The molecule has 3 rings (SSSR count). The van der Waals surface area contributed by atoms with Crippen molar-refractivity contribution in [2.75, 3.05) is 20.2 Å². The molecule has 1 aliphatic heterocycles. The van der Waals surface area contributed by atoms with Gasteiger partial charge >= 0.3 is 0 Å². The van der Waals surface area contributed by atoms with Gasteiger partial charge in [-0.15, -0.1) is 0 Å². The molecule has 1 unspecified atom stereocenters. The highest BCUT2D eigenvalue weighted by atomic mass is 16.5. The van der Waals surface area contributed by atoms with E-state index in [1.807, 2.05) is 0 Å². The van der Waals surface area contributed by atoms with E-state index in [0.29, 0.717) is 23.4 Å². The quantitative estimate of drug-likeness (QED) is 0.896. The van der Waals surface area contributed by atoms with Crippen LogP contribution in [-0.2, 0) is 6.42 Å². The van der Waals surface area contributed by atoms with Crippen LogP contribution >= 0.6 is 0 Å². The second-order valence-corrected chi connectivity index (χ2v) is 5.31. The van der Waals surface area contributed by atoms with E-state index in [9.17, 15) is 5.11 Å². The number of aromatic hydroxyl groups is 1. The summed E-state index contributed by atoms with van der Waals surface area (Å²) in [5, 5.41) is 17.0. The molecule has 0 amide bonds. The summed E-state index contributed by atoms with van der Waals surface area (Å²) in [6.07, 6.45) is 3.19. The van der Waals surface area contributed by atoms with Crippen LogP contribution < -0.4 is 10.1 Å². The molecule has 21 heavy (non-hydrogen) atoms. The Balaban J connectivity index is 1.74. The van der Waals surface area contributed by atoms with E-state index >= 15 is 0 Å². The summed E-state index contributed by atoms with van der Waals surface area (Å²) < 4.78 is 10.4. The topological polar surface area (TPSA) is 80.4 Å². The first-order chi connectivity index (χ1) is 10.3. The van der Waals surface area contributed by atoms with Crippen molar-refractivity contribution in [3.63, 3.8) is 0 Å². The minimum atomic E-state index is 0.0956. The number of aromatic nitrogens is 2. The number of rotatable bonds is 4. The van der Waals surface area contributed by atoms with Crippen molar-refractivity contribution in [1.82, 2.24) is 15.5 Å². The molecular formula is C15H19N3O3. The Kier molecular flexibility index (Phi) is 4.06. The van der Waals surface area contributed by atoms with Gasteiger partial charge in [-0.3, -0.25) is 0 Å². The first-order valence-electron chi connectivity index (χ1n) is 7.17. The van der Waals surface area contributed by atoms with Crippen molar-refractivity contribution in [2.24, 2.45) is 5.92 Å². The lowest BCUT2D eigenvalue weighted by Crippen LogP contribution is -2.30. The van der Waals surface area contributed by atoms with Crippen LogP contribution in [0, 0.1) is 5.92 Å². The first kappa shape index (κ1) is 13.9. The molecule has 1 fully saturated rings. The van der Waals surface area contributed by atoms with Crippen molar-refractivity contribution in [2.45, 2.75) is 19.3 Å². The molecule has 6 heteroatoms. The molecule has 6 nitrogen and oxygen atoms in total. The normalized spacial score (nSPS) is 18.6. The fourth-order valence-corrected chi connectivity index (χ4v) is 2.62. The molecule has 0 spiro atoms. The SMILES string of the molecule is COc1cc(-c2noc(CC3CCCNC3)n2)ccc1O. The third-order valence-corrected chi connectivity index (χ3v) is 3.77. The standard InChI is InChI=1S/C15H19N3O3/c1-20-13-8-11(4-5-12(13)19)15-17-14(21-18-15)7-10-3-2-6-16-9-10/h4-5,8,10,16,19H,2-3,6-7,9H2,1H3. The molecule has 0 bridgehead atoms. The molecule has 0 aliphatic carbocycles. The van der Waals surface area contributed by atoms with Crippen LogP contribution in [0.2, 0.25) is 0 Å². The summed E-state index contributed by atoms with van der Waals surface area (Å²) >= 11 is 0. The maximum absolute atomic E-state index is 9.61. The minimum absolute atomic E-state index is 0.0956. The van der Waals surface area contributed by atoms with Gasteiger partial charge in [-0.25, -0.2) is 0 Å². The van der Waals surface area contributed by atoms with Crippen molar-refractivity contribution in [1.29, 1.82) is 0 Å². The maximum atomic E-state index is 9.61. The Morgan fingerprint density at radius 1 is 1.48 bits per heavy atom. The zero-order valence-corrected chi connectivity index (χ0v) is 12.0. The number of hydrogen-bond acceptors (Lipinski definition) is 6. The number of nitrogens with one attached hydrogen (secondary N) is 1. The van der Waals surface area contributed by atoms with Gasteiger partial charge in [0.2, 0.25) is 11.7 Å². The van der Waals surface area contributed by atoms with E-state index in [0.717, 1.165) is 25.1 Å². The highest BCUT2D eigenvalue weighted by Crippen LogP contribution is 2.30. The Labute approximate surface area is 123 Å². The molecular weight excluding hydrogens is 270 g/mol. The fraction of sp³-hybridized carbons (Fsp3) is 0.467. The van der Waals surface area contributed by atoms with Gasteiger partial charge in [-0.2, -0.15) is 4.98 Å². The second-order valence-electron chi connectivity index (χ2n) is 5.31. The van der Waals surface area contributed by atoms with Crippen LogP contribution in [0.3, 0.4) is 0 Å². The van der Waals surface area contributed by atoms with Crippen LogP contribution in [0.25, 0.3) is 11.4 Å². The average Bonchev–Trinajstić information content (AvgIpc) is 2.97. The fourth-order valence-electron chi connectivity index (χ4n) is 2.62. The highest BCUT2D eigenvalue weighted by molar-refractivity contribution is 5.60. The zero-order valence-electron chi connectivity index (χ0n) is 12.0. The summed E-state index contributed by atoms with van der Waals surface area (Å²) in [4.78, 5) is 4.44. The van der Waals surface area contributed by atoms with E-state index in [1.54, 1.807) is 18.2 Å². The first-order valence-corrected chi connectivity index (χ1v) is 7.17. The molecule has 0 radical (unpaired) electrons. The molecule has 0 saturated carbocycles. The Morgan fingerprint density at radius 3 is 3.14 bits per heavy atom. The van der Waals surface area contributed by atoms with Gasteiger partial charge in [0.25, 0.3) is 0 Å². The summed E-state index contributed by atoms with van der Waals surface area (Å²) in [5.41, 5.74) is 0.765. The predicted octanol–water partition coefficient (Wildman–Crippen LogP) is 1.99. The zero-order chi connectivity index (χ0) is 14.7. The number of nitrogens with zero attached hydrogens (tertiary/aromatic N) is 2. The second kappa shape index (κ2) is 6.13. The van der Waals surface area contributed by atoms with E-state index in [1.165, 1.54) is 20.0 Å². The number of phenolic OH excluding ortho intramolecular Hbond substituents is 1. The van der Waals surface area contributed by atoms with Gasteiger partial charge in [0.05, 0.1) is 7.11 Å². The van der Waals surface area contributed by atoms with Gasteiger partial charge in [-0.05, 0) is 50.0 Å². The molecule has 2 heterocycles. The van der Waals surface area contributed by atoms with Crippen molar-refractivity contribution in [3.8, 4) is 22.9 Å². The minimum Gasteiger partial charge on any atom is -0.504 e. The number of hydrogen-bond donors (Lipinski definition) is 2. The average molecular weight is 289 g/mol. The number of methoxy groups -OCH3 is 1. The lowest BCUT2D eigenvalue weighted by atomic mass is 9.96. The molecule has 1 aromatic heterocycles. The summed E-state index contributed by atoms with van der Waals surface area (Å²) in [6.45, 7) is 2.10. The number of phenols is 1. The lowest BCUT2D eigenvalue weighted by molar-refractivity contribution is 0.316. The summed E-state index contributed by atoms with van der Waals surface area (Å²) in [5.74, 6) is 2.23. The van der Waals surface area contributed by atoms with Gasteiger partial charge in [-0.1, -0.05) is 5.16 Å². The molecule has 1 atom stereocenters. The maximum Gasteiger partial charge on any atom is 0.227 e. The van der Waals surface area contributed by atoms with Crippen LogP contribution in [0.5, 0.6) is 11.5 Å². The van der Waals surface area contributed by atoms with Crippen molar-refractivity contribution >= 4 is 0 Å². The number of benzene rings is 1. The van der Waals surface area contributed by atoms with E-state index < -0.39 is 0 Å². The van der Waals surface area contributed by atoms with Gasteiger partial charge in [0.15, 0.2) is 11.5 Å². The lowest BCUT2D eigenvalue weighted by Gasteiger charge is -2.20. The molecule has 2 aromatic rings. The highest BCUT2D eigenvalue weighted by Gasteiger charge is 2.18. The molecule has 1 saturated heterocycles. The smallest absolute Gasteiger partial charge is 0.227 e.